The number of nitrogens with zero attached hydrogens (tertiary/aromatic N) is 8. The highest BCUT2D eigenvalue weighted by molar-refractivity contribution is 7.90. The van der Waals surface area contributed by atoms with Crippen molar-refractivity contribution in [2.45, 2.75) is 63.7 Å². The number of anilines is 3. The lowest BCUT2D eigenvalue weighted by Crippen LogP contribution is -2.61. The number of hydrogen-bond acceptors (Lipinski definition) is 12. The maximum absolute atomic E-state index is 15.2. The fourth-order valence-corrected chi connectivity index (χ4v) is 12.6. The average molecular weight is 987 g/mol. The van der Waals surface area contributed by atoms with Crippen LogP contribution in [0.4, 0.5) is 25.8 Å². The molecule has 4 aromatic carbocycles. The van der Waals surface area contributed by atoms with E-state index in [1.807, 2.05) is 42.5 Å². The number of carbonyl (C=O) groups is 3. The van der Waals surface area contributed by atoms with Crippen LogP contribution in [-0.2, 0) is 26.3 Å². The monoisotopic (exact) mass is 986 g/mol. The molecule has 2 atom stereocenters. The summed E-state index contributed by atoms with van der Waals surface area (Å²) in [6.07, 6.45) is 5.17. The Balaban J connectivity index is 0.669. The van der Waals surface area contributed by atoms with Crippen molar-refractivity contribution in [3.05, 3.63) is 112 Å². The van der Waals surface area contributed by atoms with Crippen molar-refractivity contribution < 1.29 is 36.3 Å². The summed E-state index contributed by atoms with van der Waals surface area (Å²) in [6, 6.07) is 21.4. The van der Waals surface area contributed by atoms with Gasteiger partial charge in [0.25, 0.3) is 11.5 Å². The minimum Gasteiger partial charge on any atom is -0.453 e. The number of piperidine rings is 3. The van der Waals surface area contributed by atoms with Gasteiger partial charge in [-0.15, -0.1) is 0 Å². The topological polar surface area (TPSA) is 194 Å². The Kier molecular flexibility index (Phi) is 12.0. The van der Waals surface area contributed by atoms with Gasteiger partial charge in [0.15, 0.2) is 11.6 Å². The van der Waals surface area contributed by atoms with Gasteiger partial charge in [0.2, 0.25) is 11.8 Å². The largest absolute Gasteiger partial charge is 0.453 e. The Hall–Kier alpha value is -6.95. The van der Waals surface area contributed by atoms with Crippen LogP contribution in [0, 0.1) is 28.5 Å². The second-order valence-electron chi connectivity index (χ2n) is 19.8. The Bertz CT molecular complexity index is 3180. The van der Waals surface area contributed by atoms with Gasteiger partial charge in [-0.05, 0) is 128 Å². The molecule has 6 aliphatic heterocycles. The zero-order chi connectivity index (χ0) is 49.2. The minimum atomic E-state index is -4.24. The van der Waals surface area contributed by atoms with Crippen LogP contribution >= 0.6 is 0 Å². The van der Waals surface area contributed by atoms with E-state index >= 15 is 4.39 Å². The first-order valence-electron chi connectivity index (χ1n) is 24.2. The quantitative estimate of drug-likeness (QED) is 0.159. The standard InChI is InChI=1S/C51H52F2N10O7S/c52-34-15-20-61(28-34)71(68,69)57-44-10-8-42(53)47(41(44)25-54)70-38-6-9-43-40(24-38)50(67)63(31-55-43)36-3-1-35(2-4-36)60-21-16-51(17-22-60)29-58(30-51)26-32-13-18-59(19-14-32)37-5-7-39-33(23-37)27-62(49(39)66)45-11-12-46(64)56-48(45)65/h1-10,23-24,31-32,34,45,57H,11-22,26-30H2,(H,56,64,65)/t34-,45+/m1/s1. The lowest BCUT2D eigenvalue weighted by molar-refractivity contribution is -0.136. The summed E-state index contributed by atoms with van der Waals surface area (Å²) >= 11 is 0. The predicted octanol–water partition coefficient (Wildman–Crippen LogP) is 5.47. The number of nitriles is 1. The van der Waals surface area contributed by atoms with Crippen molar-refractivity contribution in [2.24, 2.45) is 11.3 Å². The van der Waals surface area contributed by atoms with Gasteiger partial charge in [-0.1, -0.05) is 0 Å². The van der Waals surface area contributed by atoms with E-state index in [0.29, 0.717) is 41.1 Å². The van der Waals surface area contributed by atoms with Gasteiger partial charge in [0.1, 0.15) is 35.9 Å². The first-order chi connectivity index (χ1) is 34.2. The molecule has 2 N–H and O–H groups in total. The van der Waals surface area contributed by atoms with Crippen LogP contribution in [0.3, 0.4) is 0 Å². The van der Waals surface area contributed by atoms with Crippen LogP contribution < -0.4 is 30.1 Å². The molecule has 20 heteroatoms. The molecule has 17 nitrogen and oxygen atoms in total. The van der Waals surface area contributed by atoms with E-state index < -0.39 is 51.0 Å². The summed E-state index contributed by atoms with van der Waals surface area (Å²) in [5.41, 5.74) is 3.98. The highest BCUT2D eigenvalue weighted by Gasteiger charge is 2.45. The normalized spacial score (nSPS) is 21.9. The maximum atomic E-state index is 15.2. The van der Waals surface area contributed by atoms with E-state index in [2.05, 4.69) is 35.8 Å². The number of aromatic nitrogens is 2. The summed E-state index contributed by atoms with van der Waals surface area (Å²) < 4.78 is 65.3. The molecule has 368 valence electrons. The highest BCUT2D eigenvalue weighted by Crippen LogP contribution is 2.43. The van der Waals surface area contributed by atoms with Gasteiger partial charge in [-0.25, -0.2) is 13.8 Å². The molecule has 5 aromatic rings. The third kappa shape index (κ3) is 8.95. The smallest absolute Gasteiger partial charge is 0.301 e. The van der Waals surface area contributed by atoms with Gasteiger partial charge in [-0.3, -0.25) is 33.8 Å². The number of nitrogens with one attached hydrogen (secondary N) is 2. The van der Waals surface area contributed by atoms with Crippen molar-refractivity contribution in [1.29, 1.82) is 5.26 Å². The molecule has 0 aliphatic carbocycles. The lowest BCUT2D eigenvalue weighted by Gasteiger charge is -2.55. The Labute approximate surface area is 408 Å². The number of hydrogen-bond donors (Lipinski definition) is 2. The predicted molar refractivity (Wildman–Crippen MR) is 260 cm³/mol. The van der Waals surface area contributed by atoms with Gasteiger partial charge in [-0.2, -0.15) is 18.0 Å². The van der Waals surface area contributed by atoms with Gasteiger partial charge in [0, 0.05) is 88.8 Å². The summed E-state index contributed by atoms with van der Waals surface area (Å²) in [7, 11) is -4.24. The Morgan fingerprint density at radius 2 is 1.59 bits per heavy atom. The van der Waals surface area contributed by atoms with Crippen LogP contribution in [0.15, 0.2) is 83.9 Å². The second-order valence-corrected chi connectivity index (χ2v) is 21.5. The zero-order valence-corrected chi connectivity index (χ0v) is 39.7. The molecule has 1 spiro atoms. The van der Waals surface area contributed by atoms with E-state index in [-0.39, 0.29) is 54.6 Å². The summed E-state index contributed by atoms with van der Waals surface area (Å²) in [6.45, 7) is 7.10. The average Bonchev–Trinajstić information content (AvgIpc) is 3.95. The SMILES string of the molecule is N#Cc1c(NS(=O)(=O)N2CC[C@@H](F)C2)ccc(F)c1Oc1ccc2ncn(-c3ccc(N4CCC5(CC4)CN(CC4CCN(c6ccc7c(c6)CN([C@H]6CCC(=O)NC6=O)C7=O)CC4)C5)cc3)c(=O)c2c1. The lowest BCUT2D eigenvalue weighted by atomic mass is 9.71. The van der Waals surface area contributed by atoms with Crippen LogP contribution in [0.2, 0.25) is 0 Å². The molecule has 7 heterocycles. The molecule has 11 rings (SSSR count). The number of carbonyl (C=O) groups excluding carboxylic acids is 3. The molecule has 0 bridgehead atoms. The summed E-state index contributed by atoms with van der Waals surface area (Å²) in [5.74, 6) is -1.66. The second kappa shape index (κ2) is 18.3. The number of fused-ring (bicyclic) bond motifs is 2. The number of likely N-dealkylation sites (tertiary alicyclic amines) is 1. The van der Waals surface area contributed by atoms with Crippen molar-refractivity contribution in [1.82, 2.24) is 29.0 Å². The van der Waals surface area contributed by atoms with Crippen molar-refractivity contribution in [2.75, 3.05) is 73.4 Å². The fraction of sp³-hybridized carbons (Fsp3) is 0.412. The van der Waals surface area contributed by atoms with E-state index in [9.17, 15) is 37.2 Å². The molecule has 5 fully saturated rings. The van der Waals surface area contributed by atoms with Crippen LogP contribution in [0.25, 0.3) is 16.6 Å². The van der Waals surface area contributed by atoms with Crippen LogP contribution in [0.1, 0.15) is 66.4 Å². The van der Waals surface area contributed by atoms with Crippen LogP contribution in [0.5, 0.6) is 11.5 Å². The third-order valence-corrected chi connectivity index (χ3v) is 16.8. The minimum absolute atomic E-state index is 0.0231. The molecular weight excluding hydrogens is 935 g/mol. The number of benzene rings is 4. The number of ether oxygens (including phenoxy) is 1. The molecular formula is C51H52F2N10O7S. The highest BCUT2D eigenvalue weighted by atomic mass is 32.2. The number of alkyl halides is 1. The van der Waals surface area contributed by atoms with E-state index in [0.717, 1.165) is 105 Å². The number of rotatable bonds is 11. The van der Waals surface area contributed by atoms with Crippen molar-refractivity contribution in [3.63, 3.8) is 0 Å². The fourth-order valence-electron chi connectivity index (χ4n) is 11.3. The van der Waals surface area contributed by atoms with E-state index in [1.54, 1.807) is 4.90 Å². The Morgan fingerprint density at radius 1 is 0.859 bits per heavy atom. The first kappa shape index (κ1) is 46.4. The molecule has 5 saturated heterocycles. The van der Waals surface area contributed by atoms with Gasteiger partial charge >= 0.3 is 10.2 Å². The third-order valence-electron chi connectivity index (χ3n) is 15.3. The van der Waals surface area contributed by atoms with Gasteiger partial charge < -0.3 is 24.3 Å². The molecule has 3 amide bonds. The molecule has 6 aliphatic rings. The van der Waals surface area contributed by atoms with E-state index in [1.165, 1.54) is 29.1 Å². The zero-order valence-electron chi connectivity index (χ0n) is 38.9. The van der Waals surface area contributed by atoms with Crippen molar-refractivity contribution in [3.8, 4) is 23.3 Å². The molecule has 0 saturated carbocycles. The maximum Gasteiger partial charge on any atom is 0.301 e. The number of imide groups is 1. The molecule has 71 heavy (non-hydrogen) atoms. The van der Waals surface area contributed by atoms with Gasteiger partial charge in [0.05, 0.1) is 22.3 Å². The number of amides is 3. The Morgan fingerprint density at radius 3 is 2.31 bits per heavy atom. The van der Waals surface area contributed by atoms with Crippen molar-refractivity contribution >= 4 is 55.9 Å². The summed E-state index contributed by atoms with van der Waals surface area (Å²) in [5, 5.41) is 12.5. The molecule has 1 aromatic heterocycles. The first-order valence-corrected chi connectivity index (χ1v) is 25.6. The van der Waals surface area contributed by atoms with E-state index in [4.69, 9.17) is 4.74 Å². The molecule has 0 unspecified atom stereocenters. The van der Waals surface area contributed by atoms with Crippen LogP contribution in [-0.4, -0.2) is 121 Å². The molecule has 0 radical (unpaired) electrons. The summed E-state index contributed by atoms with van der Waals surface area (Å²) in [4.78, 5) is 64.7. The number of halogens is 2.